The number of nitrogens with one attached hydrogen (secondary N) is 2. The summed E-state index contributed by atoms with van der Waals surface area (Å²) in [5.74, 6) is 0.352. The fourth-order valence-electron chi connectivity index (χ4n) is 4.59. The predicted molar refractivity (Wildman–Crippen MR) is 157 cm³/mol. The van der Waals surface area contributed by atoms with E-state index < -0.39 is 29.9 Å². The highest BCUT2D eigenvalue weighted by atomic mass is 16.6. The van der Waals surface area contributed by atoms with Crippen LogP contribution in [0, 0.1) is 13.8 Å². The Labute approximate surface area is 237 Å². The number of benzene rings is 3. The lowest BCUT2D eigenvalue weighted by Gasteiger charge is -2.29. The molecule has 0 fully saturated rings. The number of carbonyl (C=O) groups excluding carboxylic acids is 2. The van der Waals surface area contributed by atoms with Gasteiger partial charge in [0.25, 0.3) is 5.91 Å². The molecule has 0 aromatic heterocycles. The van der Waals surface area contributed by atoms with Crippen molar-refractivity contribution in [2.75, 3.05) is 6.61 Å². The number of rotatable bonds is 12. The number of aliphatic hydroxyl groups excluding tert-OH is 1. The lowest BCUT2D eigenvalue weighted by Crippen LogP contribution is -2.50. The molecule has 0 saturated heterocycles. The van der Waals surface area contributed by atoms with Crippen molar-refractivity contribution in [3.63, 3.8) is 0 Å². The van der Waals surface area contributed by atoms with Gasteiger partial charge in [-0.1, -0.05) is 78.9 Å². The maximum Gasteiger partial charge on any atom is 0.407 e. The maximum atomic E-state index is 13.0. The van der Waals surface area contributed by atoms with Crippen molar-refractivity contribution in [3.05, 3.63) is 101 Å². The summed E-state index contributed by atoms with van der Waals surface area (Å²) >= 11 is 0. The third-order valence-electron chi connectivity index (χ3n) is 6.44. The van der Waals surface area contributed by atoms with Crippen LogP contribution in [0.3, 0.4) is 0 Å². The first kappa shape index (κ1) is 30.7. The van der Waals surface area contributed by atoms with Gasteiger partial charge in [0, 0.05) is 6.04 Å². The lowest BCUT2D eigenvalue weighted by atomic mass is 9.93. The van der Waals surface area contributed by atoms with E-state index in [1.165, 1.54) is 0 Å². The predicted octanol–water partition coefficient (Wildman–Crippen LogP) is 5.30. The van der Waals surface area contributed by atoms with Gasteiger partial charge < -0.3 is 25.2 Å². The molecular weight excluding hydrogens is 504 g/mol. The molecule has 2 amide bonds. The van der Waals surface area contributed by atoms with Crippen LogP contribution in [-0.2, 0) is 22.4 Å². The van der Waals surface area contributed by atoms with E-state index in [1.807, 2.05) is 92.7 Å². The number of alkyl carbamates (subject to hydrolysis) is 1. The maximum absolute atomic E-state index is 13.0. The second kappa shape index (κ2) is 14.5. The van der Waals surface area contributed by atoms with E-state index in [0.717, 1.165) is 22.3 Å². The lowest BCUT2D eigenvalue weighted by molar-refractivity contribution is -0.124. The van der Waals surface area contributed by atoms with E-state index in [9.17, 15) is 14.7 Å². The van der Waals surface area contributed by atoms with Crippen LogP contribution < -0.4 is 15.4 Å². The Bertz CT molecular complexity index is 1200. The summed E-state index contributed by atoms with van der Waals surface area (Å²) in [4.78, 5) is 25.7. The van der Waals surface area contributed by atoms with Crippen LogP contribution in [-0.4, -0.2) is 47.5 Å². The third-order valence-corrected chi connectivity index (χ3v) is 6.44. The first-order chi connectivity index (χ1) is 19.0. The zero-order valence-electron chi connectivity index (χ0n) is 24.1. The standard InChI is InChI=1S/C33H42N2O5/c1-23-13-12-14-24(2)31(23)39-22-30(37)35-28(20-26-17-10-7-11-18-26)29(36)21-27(19-25-15-8-6-9-16-25)34-32(38)40-33(3,4)5/h6-18,27-29,36H,19-22H2,1-5H3,(H,34,38)(H,35,37)/t27?,28-,29?/m0/s1. The highest BCUT2D eigenvalue weighted by molar-refractivity contribution is 5.78. The minimum Gasteiger partial charge on any atom is -0.483 e. The van der Waals surface area contributed by atoms with Gasteiger partial charge in [0.2, 0.25) is 0 Å². The molecule has 7 heteroatoms. The fourth-order valence-corrected chi connectivity index (χ4v) is 4.59. The van der Waals surface area contributed by atoms with Gasteiger partial charge in [-0.15, -0.1) is 0 Å². The second-order valence-electron chi connectivity index (χ2n) is 11.2. The summed E-state index contributed by atoms with van der Waals surface area (Å²) in [7, 11) is 0. The van der Waals surface area contributed by atoms with E-state index >= 15 is 0 Å². The molecule has 0 aliphatic carbocycles. The van der Waals surface area contributed by atoms with Crippen LogP contribution in [0.1, 0.15) is 49.4 Å². The van der Waals surface area contributed by atoms with Gasteiger partial charge in [0.15, 0.2) is 6.61 Å². The molecule has 0 spiro atoms. The van der Waals surface area contributed by atoms with E-state index in [4.69, 9.17) is 9.47 Å². The van der Waals surface area contributed by atoms with Crippen LogP contribution in [0.25, 0.3) is 0 Å². The van der Waals surface area contributed by atoms with Crippen molar-refractivity contribution < 1.29 is 24.2 Å². The van der Waals surface area contributed by atoms with Crippen molar-refractivity contribution in [1.29, 1.82) is 0 Å². The van der Waals surface area contributed by atoms with Crippen molar-refractivity contribution >= 4 is 12.0 Å². The summed E-state index contributed by atoms with van der Waals surface area (Å²) in [5, 5.41) is 17.3. The summed E-state index contributed by atoms with van der Waals surface area (Å²) in [5.41, 5.74) is 3.24. The number of hydrogen-bond acceptors (Lipinski definition) is 5. The minimum atomic E-state index is -0.951. The molecule has 0 heterocycles. The largest absolute Gasteiger partial charge is 0.483 e. The Hall–Kier alpha value is -3.84. The average Bonchev–Trinajstić information content (AvgIpc) is 2.88. The summed E-state index contributed by atoms with van der Waals surface area (Å²) in [6, 6.07) is 24.2. The van der Waals surface area contributed by atoms with Crippen molar-refractivity contribution in [1.82, 2.24) is 10.6 Å². The van der Waals surface area contributed by atoms with Gasteiger partial charge in [-0.05, 0) is 76.1 Å². The van der Waals surface area contributed by atoms with Crippen molar-refractivity contribution in [3.8, 4) is 5.75 Å². The molecule has 3 atom stereocenters. The van der Waals surface area contributed by atoms with Crippen LogP contribution in [0.5, 0.6) is 5.75 Å². The molecule has 0 bridgehead atoms. The zero-order chi connectivity index (χ0) is 29.1. The first-order valence-corrected chi connectivity index (χ1v) is 13.7. The number of hydrogen-bond donors (Lipinski definition) is 3. The molecule has 7 nitrogen and oxygen atoms in total. The molecule has 3 aromatic carbocycles. The molecular formula is C33H42N2O5. The van der Waals surface area contributed by atoms with Gasteiger partial charge in [0.05, 0.1) is 12.1 Å². The Morgan fingerprint density at radius 3 is 1.90 bits per heavy atom. The Balaban J connectivity index is 1.74. The fraction of sp³-hybridized carbons (Fsp3) is 0.394. The Morgan fingerprint density at radius 2 is 1.35 bits per heavy atom. The number of carbonyl (C=O) groups is 2. The summed E-state index contributed by atoms with van der Waals surface area (Å²) in [6.07, 6.45) is -0.372. The van der Waals surface area contributed by atoms with E-state index in [0.29, 0.717) is 18.6 Å². The molecule has 2 unspecified atom stereocenters. The molecule has 0 aliphatic heterocycles. The molecule has 40 heavy (non-hydrogen) atoms. The van der Waals surface area contributed by atoms with Crippen LogP contribution in [0.4, 0.5) is 4.79 Å². The highest BCUT2D eigenvalue weighted by Crippen LogP contribution is 2.22. The number of para-hydroxylation sites is 1. The normalized spacial score (nSPS) is 13.6. The van der Waals surface area contributed by atoms with Crippen molar-refractivity contribution in [2.45, 2.75) is 77.7 Å². The molecule has 0 radical (unpaired) electrons. The van der Waals surface area contributed by atoms with Gasteiger partial charge in [-0.25, -0.2) is 4.79 Å². The minimum absolute atomic E-state index is 0.173. The molecule has 214 valence electrons. The SMILES string of the molecule is Cc1cccc(C)c1OCC(=O)N[C@@H](Cc1ccccc1)C(O)CC(Cc1ccccc1)NC(=O)OC(C)(C)C. The topological polar surface area (TPSA) is 96.9 Å². The molecule has 3 rings (SSSR count). The van der Waals surface area contributed by atoms with Gasteiger partial charge in [-0.3, -0.25) is 4.79 Å². The summed E-state index contributed by atoms with van der Waals surface area (Å²) in [6.45, 7) is 9.12. The molecule has 0 aliphatic rings. The number of ether oxygens (including phenoxy) is 2. The van der Waals surface area contributed by atoms with Gasteiger partial charge in [0.1, 0.15) is 11.4 Å². The van der Waals surface area contributed by atoms with Crippen LogP contribution >= 0.6 is 0 Å². The first-order valence-electron chi connectivity index (χ1n) is 13.7. The average molecular weight is 547 g/mol. The van der Waals surface area contributed by atoms with Crippen LogP contribution in [0.2, 0.25) is 0 Å². The Kier molecular flexibility index (Phi) is 11.1. The quantitative estimate of drug-likeness (QED) is 0.287. The molecule has 0 saturated carbocycles. The van der Waals surface area contributed by atoms with Gasteiger partial charge in [-0.2, -0.15) is 0 Å². The number of aliphatic hydroxyl groups is 1. The zero-order valence-corrected chi connectivity index (χ0v) is 24.1. The highest BCUT2D eigenvalue weighted by Gasteiger charge is 2.28. The smallest absolute Gasteiger partial charge is 0.407 e. The Morgan fingerprint density at radius 1 is 0.800 bits per heavy atom. The number of aryl methyl sites for hydroxylation is 2. The third kappa shape index (κ3) is 10.4. The van der Waals surface area contributed by atoms with Gasteiger partial charge >= 0.3 is 6.09 Å². The summed E-state index contributed by atoms with van der Waals surface area (Å²) < 4.78 is 11.3. The van der Waals surface area contributed by atoms with E-state index in [-0.39, 0.29) is 18.9 Å². The second-order valence-corrected chi connectivity index (χ2v) is 11.2. The molecule has 3 aromatic rings. The van der Waals surface area contributed by atoms with E-state index in [2.05, 4.69) is 10.6 Å². The van der Waals surface area contributed by atoms with Crippen molar-refractivity contribution in [2.24, 2.45) is 0 Å². The van der Waals surface area contributed by atoms with Crippen LogP contribution in [0.15, 0.2) is 78.9 Å². The molecule has 3 N–H and O–H groups in total. The number of amides is 2. The monoisotopic (exact) mass is 546 g/mol. The van der Waals surface area contributed by atoms with E-state index in [1.54, 1.807) is 20.8 Å².